The molecule has 0 N–H and O–H groups in total. The summed E-state index contributed by atoms with van der Waals surface area (Å²) in [6.07, 6.45) is 10.0. The van der Waals surface area contributed by atoms with Crippen molar-refractivity contribution in [3.8, 4) is 29.0 Å². The molecule has 0 radical (unpaired) electrons. The van der Waals surface area contributed by atoms with E-state index in [1.165, 1.54) is 0 Å². The molecular formula is C29H28N6O2. The first-order valence-corrected chi connectivity index (χ1v) is 12.6. The number of nitriles is 1. The van der Waals surface area contributed by atoms with Crippen LogP contribution in [0.15, 0.2) is 59.8 Å². The van der Waals surface area contributed by atoms with Gasteiger partial charge in [0.05, 0.1) is 42.5 Å². The van der Waals surface area contributed by atoms with Gasteiger partial charge in [0.15, 0.2) is 5.75 Å². The average Bonchev–Trinajstić information content (AvgIpc) is 3.79. The lowest BCUT2D eigenvalue weighted by atomic mass is 10.0. The molecule has 0 unspecified atom stereocenters. The fraction of sp³-hybridized carbons (Fsp3) is 0.310. The summed E-state index contributed by atoms with van der Waals surface area (Å²) in [4.78, 5) is 32.4. The summed E-state index contributed by atoms with van der Waals surface area (Å²) in [7, 11) is 1.56. The highest BCUT2D eigenvalue weighted by molar-refractivity contribution is 5.67. The Balaban J connectivity index is 1.56. The van der Waals surface area contributed by atoms with Gasteiger partial charge in [-0.05, 0) is 43.4 Å². The van der Waals surface area contributed by atoms with Gasteiger partial charge in [0.1, 0.15) is 5.82 Å². The number of rotatable bonds is 9. The van der Waals surface area contributed by atoms with E-state index in [4.69, 9.17) is 9.72 Å². The maximum absolute atomic E-state index is 14.0. The molecule has 0 saturated heterocycles. The topological polar surface area (TPSA) is 107 Å². The molecule has 0 atom stereocenters. The summed E-state index contributed by atoms with van der Waals surface area (Å²) in [5.74, 6) is 1.83. The van der Waals surface area contributed by atoms with Gasteiger partial charge in [-0.1, -0.05) is 37.6 Å². The van der Waals surface area contributed by atoms with Crippen molar-refractivity contribution in [3.63, 3.8) is 0 Å². The zero-order chi connectivity index (χ0) is 25.8. The molecule has 0 aliphatic heterocycles. The smallest absolute Gasteiger partial charge is 0.264 e. The molecule has 4 aromatic rings. The van der Waals surface area contributed by atoms with Crippen molar-refractivity contribution in [2.24, 2.45) is 0 Å². The van der Waals surface area contributed by atoms with Crippen LogP contribution in [0.1, 0.15) is 66.7 Å². The highest BCUT2D eigenvalue weighted by Crippen LogP contribution is 2.39. The van der Waals surface area contributed by atoms with E-state index in [-0.39, 0.29) is 11.5 Å². The molecule has 1 aromatic carbocycles. The minimum atomic E-state index is -0.132. The number of benzene rings is 1. The van der Waals surface area contributed by atoms with Crippen LogP contribution in [0.4, 0.5) is 0 Å². The number of aryl methyl sites for hydroxylation is 1. The first-order valence-electron chi connectivity index (χ1n) is 12.6. The number of pyridine rings is 1. The largest absolute Gasteiger partial charge is 0.494 e. The third kappa shape index (κ3) is 5.12. The molecule has 37 heavy (non-hydrogen) atoms. The van der Waals surface area contributed by atoms with Gasteiger partial charge < -0.3 is 4.74 Å². The van der Waals surface area contributed by atoms with Gasteiger partial charge in [-0.15, -0.1) is 0 Å². The van der Waals surface area contributed by atoms with E-state index in [0.29, 0.717) is 29.2 Å². The van der Waals surface area contributed by atoms with E-state index < -0.39 is 0 Å². The van der Waals surface area contributed by atoms with Crippen LogP contribution in [0.3, 0.4) is 0 Å². The third-order valence-electron chi connectivity index (χ3n) is 6.58. The molecule has 0 amide bonds. The van der Waals surface area contributed by atoms with Gasteiger partial charge in [0.2, 0.25) is 5.95 Å². The highest BCUT2D eigenvalue weighted by Gasteiger charge is 2.31. The lowest BCUT2D eigenvalue weighted by molar-refractivity contribution is 0.410. The molecule has 1 aliphatic rings. The molecule has 0 spiro atoms. The Bertz CT molecular complexity index is 1500. The monoisotopic (exact) mass is 492 g/mol. The van der Waals surface area contributed by atoms with Crippen molar-refractivity contribution < 1.29 is 4.74 Å². The Morgan fingerprint density at radius 1 is 1.08 bits per heavy atom. The van der Waals surface area contributed by atoms with Crippen molar-refractivity contribution in [2.75, 3.05) is 7.11 Å². The number of hydrogen-bond donors (Lipinski definition) is 0. The minimum Gasteiger partial charge on any atom is -0.494 e. The Hall–Kier alpha value is -4.38. The molecule has 1 aliphatic carbocycles. The van der Waals surface area contributed by atoms with Crippen molar-refractivity contribution in [1.82, 2.24) is 24.5 Å². The van der Waals surface area contributed by atoms with Crippen LogP contribution in [0.5, 0.6) is 5.75 Å². The molecule has 1 fully saturated rings. The number of unbranched alkanes of at least 4 members (excludes halogenated alkanes) is 1. The Kier molecular flexibility index (Phi) is 7.04. The molecule has 0 bridgehead atoms. The van der Waals surface area contributed by atoms with Crippen LogP contribution in [-0.4, -0.2) is 31.6 Å². The van der Waals surface area contributed by atoms with E-state index >= 15 is 0 Å². The van der Waals surface area contributed by atoms with Gasteiger partial charge in [-0.25, -0.2) is 19.5 Å². The van der Waals surface area contributed by atoms with Crippen LogP contribution in [0.25, 0.3) is 17.2 Å². The van der Waals surface area contributed by atoms with Gasteiger partial charge in [0.25, 0.3) is 5.56 Å². The van der Waals surface area contributed by atoms with Gasteiger partial charge in [0, 0.05) is 29.7 Å². The lowest BCUT2D eigenvalue weighted by Gasteiger charge is -2.16. The average molecular weight is 493 g/mol. The fourth-order valence-corrected chi connectivity index (χ4v) is 4.38. The highest BCUT2D eigenvalue weighted by atomic mass is 16.5. The second-order valence-corrected chi connectivity index (χ2v) is 9.22. The number of nitrogens with zero attached hydrogens (tertiary/aromatic N) is 6. The SMILES string of the molecule is CCCCc1nc(C2CC2)n(-c2ncc(OC)cn2)c(=O)c1Cc1ccc(-c2ccccc2C#N)nc1. The molecule has 1 saturated carbocycles. The Morgan fingerprint density at radius 2 is 1.86 bits per heavy atom. The van der Waals surface area contributed by atoms with Gasteiger partial charge >= 0.3 is 0 Å². The standard InChI is InChI=1S/C29H28N6O2/c1-3-4-9-26-24(14-19-10-13-25(31-16-19)23-8-6-5-7-21(23)15-30)28(36)35(27(34-26)20-11-12-20)29-32-17-22(37-2)18-33-29/h5-8,10,13,16-18,20H,3-4,9,11-12,14H2,1-2H3. The predicted molar refractivity (Wildman–Crippen MR) is 140 cm³/mol. The zero-order valence-corrected chi connectivity index (χ0v) is 21.0. The molecule has 3 heterocycles. The second kappa shape index (κ2) is 10.7. The number of hydrogen-bond acceptors (Lipinski definition) is 7. The minimum absolute atomic E-state index is 0.132. The fourth-order valence-electron chi connectivity index (χ4n) is 4.38. The predicted octanol–water partition coefficient (Wildman–Crippen LogP) is 4.78. The molecule has 5 rings (SSSR count). The third-order valence-corrected chi connectivity index (χ3v) is 6.58. The van der Waals surface area contributed by atoms with Gasteiger partial charge in [-0.3, -0.25) is 9.78 Å². The van der Waals surface area contributed by atoms with Crippen LogP contribution >= 0.6 is 0 Å². The van der Waals surface area contributed by atoms with E-state index in [0.717, 1.165) is 60.4 Å². The van der Waals surface area contributed by atoms with E-state index in [1.54, 1.807) is 36.3 Å². The Labute approximate surface area is 215 Å². The van der Waals surface area contributed by atoms with Crippen LogP contribution in [-0.2, 0) is 12.8 Å². The molecular weight excluding hydrogens is 464 g/mol. The summed E-state index contributed by atoms with van der Waals surface area (Å²) in [5, 5.41) is 9.44. The maximum Gasteiger partial charge on any atom is 0.264 e. The van der Waals surface area contributed by atoms with Crippen LogP contribution < -0.4 is 10.3 Å². The first-order chi connectivity index (χ1) is 18.1. The normalized spacial score (nSPS) is 12.8. The van der Waals surface area contributed by atoms with Crippen molar-refractivity contribution in [3.05, 3.63) is 93.6 Å². The van der Waals surface area contributed by atoms with Crippen molar-refractivity contribution >= 4 is 0 Å². The second-order valence-electron chi connectivity index (χ2n) is 9.22. The van der Waals surface area contributed by atoms with E-state index in [9.17, 15) is 10.1 Å². The van der Waals surface area contributed by atoms with E-state index in [1.807, 2.05) is 30.3 Å². The van der Waals surface area contributed by atoms with Crippen molar-refractivity contribution in [2.45, 2.75) is 51.4 Å². The quantitative estimate of drug-likeness (QED) is 0.331. The van der Waals surface area contributed by atoms with Crippen LogP contribution in [0, 0.1) is 11.3 Å². The number of aromatic nitrogens is 5. The Morgan fingerprint density at radius 3 is 2.51 bits per heavy atom. The number of methoxy groups -OCH3 is 1. The summed E-state index contributed by atoms with van der Waals surface area (Å²) in [6, 6.07) is 13.5. The summed E-state index contributed by atoms with van der Waals surface area (Å²) >= 11 is 0. The number of ether oxygens (including phenoxy) is 1. The van der Waals surface area contributed by atoms with E-state index in [2.05, 4.69) is 27.9 Å². The first kappa shape index (κ1) is 24.3. The molecule has 186 valence electrons. The molecule has 8 nitrogen and oxygen atoms in total. The molecule has 3 aromatic heterocycles. The van der Waals surface area contributed by atoms with Gasteiger partial charge in [-0.2, -0.15) is 5.26 Å². The van der Waals surface area contributed by atoms with Crippen molar-refractivity contribution in [1.29, 1.82) is 5.26 Å². The summed E-state index contributed by atoms with van der Waals surface area (Å²) in [6.45, 7) is 2.13. The van der Waals surface area contributed by atoms with Crippen LogP contribution in [0.2, 0.25) is 0 Å². The molecule has 8 heteroatoms. The summed E-state index contributed by atoms with van der Waals surface area (Å²) in [5.41, 5.74) is 4.34. The summed E-state index contributed by atoms with van der Waals surface area (Å²) < 4.78 is 6.77. The zero-order valence-electron chi connectivity index (χ0n) is 21.0. The lowest BCUT2D eigenvalue weighted by Crippen LogP contribution is -2.30. The maximum atomic E-state index is 14.0.